The Morgan fingerprint density at radius 1 is 1.05 bits per heavy atom. The van der Waals surface area contributed by atoms with E-state index in [2.05, 4.69) is 30.6 Å². The van der Waals surface area contributed by atoms with Gasteiger partial charge in [0.2, 0.25) is 17.8 Å². The van der Waals surface area contributed by atoms with Crippen molar-refractivity contribution in [2.24, 2.45) is 0 Å². The first-order chi connectivity index (χ1) is 10.1. The zero-order valence-electron chi connectivity index (χ0n) is 12.9. The van der Waals surface area contributed by atoms with Crippen molar-refractivity contribution in [1.82, 2.24) is 19.9 Å². The van der Waals surface area contributed by atoms with Crippen molar-refractivity contribution in [3.8, 4) is 0 Å². The third-order valence-corrected chi connectivity index (χ3v) is 2.78. The molecule has 0 saturated heterocycles. The number of nitrogens with one attached hydrogen (secondary N) is 2. The highest BCUT2D eigenvalue weighted by atomic mass is 15.3. The van der Waals surface area contributed by atoms with E-state index in [1.807, 2.05) is 51.2 Å². The van der Waals surface area contributed by atoms with Gasteiger partial charge in [0.25, 0.3) is 0 Å². The van der Waals surface area contributed by atoms with Crippen LogP contribution in [0.15, 0.2) is 18.3 Å². The van der Waals surface area contributed by atoms with Gasteiger partial charge in [-0.2, -0.15) is 15.0 Å². The molecule has 0 unspecified atom stereocenters. The Bertz CT molecular complexity index is 580. The molecule has 21 heavy (non-hydrogen) atoms. The molecular formula is C14H21N7. The maximum atomic E-state index is 4.38. The molecule has 0 radical (unpaired) electrons. The standard InChI is InChI=1S/C14H21N7/c1-5-15-12-18-13(20-14(19-12)21(3)4)17-9-11-7-6-10(2)16-8-11/h6-8H,5,9H2,1-4H3,(H2,15,17,18,19,20). The van der Waals surface area contributed by atoms with Crippen LogP contribution in [0.1, 0.15) is 18.2 Å². The molecule has 0 bridgehead atoms. The molecule has 2 N–H and O–H groups in total. The van der Waals surface area contributed by atoms with Crippen LogP contribution in [-0.2, 0) is 6.54 Å². The fourth-order valence-corrected chi connectivity index (χ4v) is 1.67. The first-order valence-electron chi connectivity index (χ1n) is 6.91. The van der Waals surface area contributed by atoms with Crippen molar-refractivity contribution in [2.45, 2.75) is 20.4 Å². The highest BCUT2D eigenvalue weighted by Gasteiger charge is 2.07. The summed E-state index contributed by atoms with van der Waals surface area (Å²) in [5.41, 5.74) is 2.08. The van der Waals surface area contributed by atoms with Gasteiger partial charge in [-0.3, -0.25) is 4.98 Å². The third kappa shape index (κ3) is 4.27. The van der Waals surface area contributed by atoms with Crippen molar-refractivity contribution in [2.75, 3.05) is 36.2 Å². The summed E-state index contributed by atoms with van der Waals surface area (Å²) in [6, 6.07) is 4.02. The Morgan fingerprint density at radius 3 is 2.33 bits per heavy atom. The number of hydrogen-bond donors (Lipinski definition) is 2. The molecule has 0 fully saturated rings. The number of pyridine rings is 1. The maximum Gasteiger partial charge on any atom is 0.231 e. The number of aryl methyl sites for hydroxylation is 1. The van der Waals surface area contributed by atoms with Gasteiger partial charge >= 0.3 is 0 Å². The molecule has 0 aromatic carbocycles. The number of aromatic nitrogens is 4. The van der Waals surface area contributed by atoms with Gasteiger partial charge in [-0.25, -0.2) is 0 Å². The van der Waals surface area contributed by atoms with E-state index in [1.54, 1.807) is 0 Å². The van der Waals surface area contributed by atoms with Gasteiger partial charge in [-0.1, -0.05) is 6.07 Å². The van der Waals surface area contributed by atoms with Gasteiger partial charge in [0.1, 0.15) is 0 Å². The predicted molar refractivity (Wildman–Crippen MR) is 84.6 cm³/mol. The number of anilines is 3. The lowest BCUT2D eigenvalue weighted by atomic mass is 10.2. The molecule has 0 aliphatic heterocycles. The summed E-state index contributed by atoms with van der Waals surface area (Å²) in [5.74, 6) is 1.73. The lowest BCUT2D eigenvalue weighted by molar-refractivity contribution is 0.934. The molecule has 2 aromatic heterocycles. The smallest absolute Gasteiger partial charge is 0.231 e. The van der Waals surface area contributed by atoms with Gasteiger partial charge in [-0.05, 0) is 25.5 Å². The number of hydrogen-bond acceptors (Lipinski definition) is 7. The van der Waals surface area contributed by atoms with E-state index in [-0.39, 0.29) is 0 Å². The zero-order chi connectivity index (χ0) is 15.2. The second-order valence-electron chi connectivity index (χ2n) is 4.87. The van der Waals surface area contributed by atoms with Gasteiger partial charge < -0.3 is 15.5 Å². The summed E-state index contributed by atoms with van der Waals surface area (Å²) >= 11 is 0. The molecule has 0 amide bonds. The van der Waals surface area contributed by atoms with Crippen molar-refractivity contribution in [1.29, 1.82) is 0 Å². The second-order valence-corrected chi connectivity index (χ2v) is 4.87. The van der Waals surface area contributed by atoms with Gasteiger partial charge in [0.05, 0.1) is 0 Å². The minimum atomic E-state index is 0.547. The lowest BCUT2D eigenvalue weighted by Gasteiger charge is -2.13. The Kier molecular flexibility index (Phi) is 4.86. The predicted octanol–water partition coefficient (Wildman–Crippen LogP) is 1.68. The van der Waals surface area contributed by atoms with Crippen LogP contribution in [0.3, 0.4) is 0 Å². The van der Waals surface area contributed by atoms with E-state index in [9.17, 15) is 0 Å². The summed E-state index contributed by atoms with van der Waals surface area (Å²) < 4.78 is 0. The van der Waals surface area contributed by atoms with Gasteiger partial charge in [0, 0.05) is 39.1 Å². The molecule has 0 saturated carbocycles. The summed E-state index contributed by atoms with van der Waals surface area (Å²) in [6.45, 7) is 5.35. The fraction of sp³-hybridized carbons (Fsp3) is 0.429. The topological polar surface area (TPSA) is 78.9 Å². The molecule has 0 aliphatic rings. The molecule has 0 spiro atoms. The van der Waals surface area contributed by atoms with Crippen molar-refractivity contribution >= 4 is 17.8 Å². The Labute approximate surface area is 124 Å². The third-order valence-electron chi connectivity index (χ3n) is 2.78. The van der Waals surface area contributed by atoms with Gasteiger partial charge in [0.15, 0.2) is 0 Å². The molecule has 0 atom stereocenters. The summed E-state index contributed by atoms with van der Waals surface area (Å²) in [5, 5.41) is 6.31. The van der Waals surface area contributed by atoms with Gasteiger partial charge in [-0.15, -0.1) is 0 Å². The normalized spacial score (nSPS) is 10.3. The largest absolute Gasteiger partial charge is 0.354 e. The summed E-state index contributed by atoms with van der Waals surface area (Å²) in [4.78, 5) is 19.2. The molecule has 112 valence electrons. The summed E-state index contributed by atoms with van der Waals surface area (Å²) in [7, 11) is 3.80. The van der Waals surface area contributed by atoms with Crippen LogP contribution in [0.2, 0.25) is 0 Å². The molecule has 7 heteroatoms. The Balaban J connectivity index is 2.12. The van der Waals surface area contributed by atoms with Crippen LogP contribution in [0.5, 0.6) is 0 Å². The van der Waals surface area contributed by atoms with E-state index in [4.69, 9.17) is 0 Å². The molecular weight excluding hydrogens is 266 g/mol. The first kappa shape index (κ1) is 15.0. The van der Waals surface area contributed by atoms with E-state index in [0.717, 1.165) is 17.8 Å². The SMILES string of the molecule is CCNc1nc(NCc2ccc(C)nc2)nc(N(C)C)n1. The molecule has 2 aromatic rings. The minimum absolute atomic E-state index is 0.547. The molecule has 2 rings (SSSR count). The average Bonchev–Trinajstić information content (AvgIpc) is 2.47. The summed E-state index contributed by atoms with van der Waals surface area (Å²) in [6.07, 6.45) is 1.85. The van der Waals surface area contributed by atoms with E-state index < -0.39 is 0 Å². The van der Waals surface area contributed by atoms with Crippen LogP contribution in [0.4, 0.5) is 17.8 Å². The molecule has 0 aliphatic carbocycles. The molecule has 2 heterocycles. The highest BCUT2D eigenvalue weighted by Crippen LogP contribution is 2.12. The van der Waals surface area contributed by atoms with E-state index in [0.29, 0.717) is 24.4 Å². The number of nitrogens with zero attached hydrogens (tertiary/aromatic N) is 5. The zero-order valence-corrected chi connectivity index (χ0v) is 12.9. The average molecular weight is 287 g/mol. The highest BCUT2D eigenvalue weighted by molar-refractivity contribution is 5.43. The van der Waals surface area contributed by atoms with E-state index in [1.165, 1.54) is 0 Å². The molecule has 7 nitrogen and oxygen atoms in total. The second kappa shape index (κ2) is 6.83. The lowest BCUT2D eigenvalue weighted by Crippen LogP contribution is -2.17. The van der Waals surface area contributed by atoms with Crippen LogP contribution in [0.25, 0.3) is 0 Å². The van der Waals surface area contributed by atoms with E-state index >= 15 is 0 Å². The van der Waals surface area contributed by atoms with Crippen molar-refractivity contribution in [3.05, 3.63) is 29.6 Å². The number of rotatable bonds is 6. The Hall–Kier alpha value is -2.44. The van der Waals surface area contributed by atoms with Crippen LogP contribution in [-0.4, -0.2) is 40.6 Å². The monoisotopic (exact) mass is 287 g/mol. The quantitative estimate of drug-likeness (QED) is 0.837. The minimum Gasteiger partial charge on any atom is -0.354 e. The maximum absolute atomic E-state index is 4.38. The fourth-order valence-electron chi connectivity index (χ4n) is 1.67. The first-order valence-corrected chi connectivity index (χ1v) is 6.91. The van der Waals surface area contributed by atoms with Crippen LogP contribution in [0, 0.1) is 6.92 Å². The van der Waals surface area contributed by atoms with Crippen molar-refractivity contribution < 1.29 is 0 Å². The van der Waals surface area contributed by atoms with Crippen LogP contribution >= 0.6 is 0 Å². The van der Waals surface area contributed by atoms with Crippen molar-refractivity contribution in [3.63, 3.8) is 0 Å². The van der Waals surface area contributed by atoms with Crippen LogP contribution < -0.4 is 15.5 Å². The Morgan fingerprint density at radius 2 is 1.76 bits per heavy atom.